The number of hydrazine groups is 1. The monoisotopic (exact) mass is 405 g/mol. The van der Waals surface area contributed by atoms with Gasteiger partial charge < -0.3 is 20.2 Å². The Morgan fingerprint density at radius 2 is 1.93 bits per heavy atom. The number of benzene rings is 2. The van der Waals surface area contributed by atoms with Crippen LogP contribution in [-0.4, -0.2) is 27.2 Å². The van der Waals surface area contributed by atoms with Crippen LogP contribution in [0.25, 0.3) is 0 Å². The molecule has 0 fully saturated rings. The van der Waals surface area contributed by atoms with E-state index in [1.54, 1.807) is 14.2 Å². The normalized spacial score (nSPS) is 11.8. The SMILES string of the molecule is COC(=O)CC(c1ccc(C)c(CCl)c1)c1cc(OC)c(N(C)N)c(N)c1C. The summed E-state index contributed by atoms with van der Waals surface area (Å²) in [5, 5.41) is 1.43. The zero-order chi connectivity index (χ0) is 21.0. The van der Waals surface area contributed by atoms with Gasteiger partial charge in [-0.2, -0.15) is 0 Å². The first-order valence-electron chi connectivity index (χ1n) is 8.92. The van der Waals surface area contributed by atoms with Crippen LogP contribution in [-0.2, 0) is 15.4 Å². The maximum absolute atomic E-state index is 12.2. The highest BCUT2D eigenvalue weighted by Gasteiger charge is 2.25. The molecular formula is C21H28ClN3O3. The molecule has 0 aromatic heterocycles. The molecular weight excluding hydrogens is 378 g/mol. The minimum atomic E-state index is -0.310. The maximum Gasteiger partial charge on any atom is 0.306 e. The number of methoxy groups -OCH3 is 2. The molecule has 0 bridgehead atoms. The summed E-state index contributed by atoms with van der Waals surface area (Å²) < 4.78 is 10.5. The Morgan fingerprint density at radius 1 is 1.25 bits per heavy atom. The molecule has 0 spiro atoms. The number of nitrogens with two attached hydrogens (primary N) is 2. The molecule has 0 radical (unpaired) electrons. The summed E-state index contributed by atoms with van der Waals surface area (Å²) in [4.78, 5) is 12.2. The molecule has 4 N–H and O–H groups in total. The second-order valence-corrected chi connectivity index (χ2v) is 7.09. The molecule has 2 aromatic carbocycles. The average molecular weight is 406 g/mol. The molecule has 0 saturated heterocycles. The number of carbonyl (C=O) groups is 1. The van der Waals surface area contributed by atoms with Gasteiger partial charge in [0, 0.05) is 18.8 Å². The highest BCUT2D eigenvalue weighted by molar-refractivity contribution is 6.17. The molecule has 2 rings (SSSR count). The van der Waals surface area contributed by atoms with E-state index >= 15 is 0 Å². The number of ether oxygens (including phenoxy) is 2. The molecule has 1 unspecified atom stereocenters. The number of rotatable bonds is 7. The summed E-state index contributed by atoms with van der Waals surface area (Å²) in [5.41, 5.74) is 12.3. The second kappa shape index (κ2) is 9.17. The quantitative estimate of drug-likeness (QED) is 0.240. The maximum atomic E-state index is 12.2. The van der Waals surface area contributed by atoms with Crippen molar-refractivity contribution in [1.82, 2.24) is 0 Å². The van der Waals surface area contributed by atoms with Crippen LogP contribution in [0.1, 0.15) is 40.2 Å². The number of nitrogen functional groups attached to an aromatic ring is 1. The predicted octanol–water partition coefficient (Wildman–Crippen LogP) is 3.64. The van der Waals surface area contributed by atoms with E-state index in [2.05, 4.69) is 0 Å². The van der Waals surface area contributed by atoms with Gasteiger partial charge >= 0.3 is 5.97 Å². The van der Waals surface area contributed by atoms with Gasteiger partial charge in [-0.1, -0.05) is 18.2 Å². The number of anilines is 2. The van der Waals surface area contributed by atoms with Crippen molar-refractivity contribution < 1.29 is 14.3 Å². The van der Waals surface area contributed by atoms with Gasteiger partial charge in [0.15, 0.2) is 0 Å². The van der Waals surface area contributed by atoms with Crippen molar-refractivity contribution in [1.29, 1.82) is 0 Å². The lowest BCUT2D eigenvalue weighted by molar-refractivity contribution is -0.140. The van der Waals surface area contributed by atoms with Crippen LogP contribution in [0.15, 0.2) is 24.3 Å². The fourth-order valence-electron chi connectivity index (χ4n) is 3.37. The summed E-state index contributed by atoms with van der Waals surface area (Å²) in [6.07, 6.45) is 0.169. The van der Waals surface area contributed by atoms with Crippen molar-refractivity contribution in [2.24, 2.45) is 5.84 Å². The molecule has 1 atom stereocenters. The van der Waals surface area contributed by atoms with E-state index in [1.807, 2.05) is 38.1 Å². The van der Waals surface area contributed by atoms with Gasteiger partial charge in [0.2, 0.25) is 0 Å². The lowest BCUT2D eigenvalue weighted by Crippen LogP contribution is -2.27. The molecule has 6 nitrogen and oxygen atoms in total. The van der Waals surface area contributed by atoms with Crippen molar-refractivity contribution in [3.8, 4) is 5.75 Å². The summed E-state index contributed by atoms with van der Waals surface area (Å²) in [6.45, 7) is 3.92. The number of esters is 1. The minimum absolute atomic E-state index is 0.169. The zero-order valence-electron chi connectivity index (χ0n) is 17.0. The fourth-order valence-corrected chi connectivity index (χ4v) is 3.66. The first-order chi connectivity index (χ1) is 13.2. The van der Waals surface area contributed by atoms with E-state index in [9.17, 15) is 4.79 Å². The van der Waals surface area contributed by atoms with Crippen LogP contribution < -0.4 is 21.3 Å². The van der Waals surface area contributed by atoms with Crippen molar-refractivity contribution in [3.63, 3.8) is 0 Å². The number of halogens is 1. The van der Waals surface area contributed by atoms with Crippen molar-refractivity contribution in [2.45, 2.75) is 32.1 Å². The standard InChI is InChI=1S/C21H28ClN3O3/c1-12-6-7-14(8-15(12)11-22)17(10-19(26)28-5)16-9-18(27-4)21(25(3)24)20(23)13(16)2/h6-9,17H,10-11,23-24H2,1-5H3. The van der Waals surface area contributed by atoms with E-state index in [4.69, 9.17) is 32.7 Å². The Labute approximate surface area is 171 Å². The van der Waals surface area contributed by atoms with Gasteiger partial charge in [0.05, 0.1) is 26.3 Å². The van der Waals surface area contributed by atoms with Crippen LogP contribution >= 0.6 is 11.6 Å². The van der Waals surface area contributed by atoms with Crippen molar-refractivity contribution in [3.05, 3.63) is 52.1 Å². The second-order valence-electron chi connectivity index (χ2n) is 6.82. The van der Waals surface area contributed by atoms with Crippen LogP contribution in [0.5, 0.6) is 5.75 Å². The van der Waals surface area contributed by atoms with Crippen LogP contribution in [0.4, 0.5) is 11.4 Å². The third-order valence-corrected chi connectivity index (χ3v) is 5.37. The Bertz CT molecular complexity index is 868. The first kappa shape index (κ1) is 21.9. The fraction of sp³-hybridized carbons (Fsp3) is 0.381. The molecule has 0 saturated carbocycles. The third kappa shape index (κ3) is 4.34. The van der Waals surface area contributed by atoms with E-state index in [-0.39, 0.29) is 18.3 Å². The number of hydrogen-bond acceptors (Lipinski definition) is 6. The van der Waals surface area contributed by atoms with Crippen LogP contribution in [0.2, 0.25) is 0 Å². The molecule has 28 heavy (non-hydrogen) atoms. The average Bonchev–Trinajstić information content (AvgIpc) is 2.68. The van der Waals surface area contributed by atoms with Gasteiger partial charge in [0.1, 0.15) is 11.4 Å². The largest absolute Gasteiger partial charge is 0.494 e. The van der Waals surface area contributed by atoms with Crippen LogP contribution in [0.3, 0.4) is 0 Å². The van der Waals surface area contributed by atoms with Gasteiger partial charge in [-0.25, -0.2) is 5.84 Å². The number of carbonyl (C=O) groups excluding carboxylic acids is 1. The van der Waals surface area contributed by atoms with Gasteiger partial charge in [-0.3, -0.25) is 4.79 Å². The molecule has 0 aliphatic carbocycles. The first-order valence-corrected chi connectivity index (χ1v) is 9.46. The highest BCUT2D eigenvalue weighted by Crippen LogP contribution is 2.42. The third-order valence-electron chi connectivity index (χ3n) is 5.08. The summed E-state index contributed by atoms with van der Waals surface area (Å²) in [5.74, 6) is 6.31. The molecule has 152 valence electrons. The van der Waals surface area contributed by atoms with E-state index < -0.39 is 0 Å². The number of aryl methyl sites for hydroxylation is 1. The molecule has 0 heterocycles. The summed E-state index contributed by atoms with van der Waals surface area (Å²) in [7, 11) is 4.65. The Kier molecular flexibility index (Phi) is 7.16. The predicted molar refractivity (Wildman–Crippen MR) is 114 cm³/mol. The molecule has 0 aliphatic heterocycles. The Balaban J connectivity index is 2.71. The zero-order valence-corrected chi connectivity index (χ0v) is 17.8. The molecule has 7 heteroatoms. The van der Waals surface area contributed by atoms with Crippen molar-refractivity contribution in [2.75, 3.05) is 32.0 Å². The van der Waals surface area contributed by atoms with Gasteiger partial charge in [-0.15, -0.1) is 11.6 Å². The summed E-state index contributed by atoms with van der Waals surface area (Å²) >= 11 is 6.10. The summed E-state index contributed by atoms with van der Waals surface area (Å²) in [6, 6.07) is 7.93. The van der Waals surface area contributed by atoms with Gasteiger partial charge in [0.25, 0.3) is 0 Å². The Hall–Kier alpha value is -2.44. The number of hydrogen-bond donors (Lipinski definition) is 2. The van der Waals surface area contributed by atoms with Gasteiger partial charge in [-0.05, 0) is 47.7 Å². The van der Waals surface area contributed by atoms with Crippen LogP contribution in [0, 0.1) is 13.8 Å². The molecule has 0 amide bonds. The topological polar surface area (TPSA) is 90.8 Å². The lowest BCUT2D eigenvalue weighted by Gasteiger charge is -2.26. The minimum Gasteiger partial charge on any atom is -0.494 e. The lowest BCUT2D eigenvalue weighted by atomic mass is 9.84. The molecule has 2 aromatic rings. The van der Waals surface area contributed by atoms with E-state index in [0.717, 1.165) is 27.8 Å². The highest BCUT2D eigenvalue weighted by atomic mass is 35.5. The van der Waals surface area contributed by atoms with Crippen molar-refractivity contribution >= 4 is 28.9 Å². The smallest absolute Gasteiger partial charge is 0.306 e. The molecule has 0 aliphatic rings. The number of nitrogens with zero attached hydrogens (tertiary/aromatic N) is 1. The number of alkyl halides is 1. The Morgan fingerprint density at radius 3 is 2.46 bits per heavy atom. The van der Waals surface area contributed by atoms with E-state index in [0.29, 0.717) is 23.0 Å². The van der Waals surface area contributed by atoms with E-state index in [1.165, 1.54) is 12.1 Å².